The summed E-state index contributed by atoms with van der Waals surface area (Å²) in [5, 5.41) is 0. The summed E-state index contributed by atoms with van der Waals surface area (Å²) in [6.07, 6.45) is 1.65. The first-order chi connectivity index (χ1) is 6.20. The summed E-state index contributed by atoms with van der Waals surface area (Å²) in [4.78, 5) is 15.0. The van der Waals surface area contributed by atoms with Crippen molar-refractivity contribution in [1.82, 2.24) is 4.98 Å². The van der Waals surface area contributed by atoms with Gasteiger partial charge in [0.25, 0.3) is 5.91 Å². The largest absolute Gasteiger partial charge is 0.449 e. The Morgan fingerprint density at radius 2 is 2.38 bits per heavy atom. The van der Waals surface area contributed by atoms with E-state index in [1.165, 1.54) is 0 Å². The number of aryl methyl sites for hydroxylation is 1. The molecular formula is C9H8N2O2. The number of fused-ring (bicyclic) bond motifs is 1. The minimum Gasteiger partial charge on any atom is -0.449 e. The van der Waals surface area contributed by atoms with Crippen LogP contribution in [0.15, 0.2) is 22.7 Å². The molecule has 0 saturated carbocycles. The van der Waals surface area contributed by atoms with E-state index in [1.54, 1.807) is 25.3 Å². The van der Waals surface area contributed by atoms with E-state index in [-0.39, 0.29) is 5.76 Å². The summed E-state index contributed by atoms with van der Waals surface area (Å²) < 4.78 is 5.22. The smallest absolute Gasteiger partial charge is 0.284 e. The van der Waals surface area contributed by atoms with Crippen LogP contribution in [-0.4, -0.2) is 10.9 Å². The summed E-state index contributed by atoms with van der Waals surface area (Å²) in [7, 11) is 0. The number of nitrogens with zero attached hydrogens (tertiary/aromatic N) is 1. The van der Waals surface area contributed by atoms with Crippen molar-refractivity contribution in [2.75, 3.05) is 0 Å². The van der Waals surface area contributed by atoms with E-state index < -0.39 is 5.91 Å². The van der Waals surface area contributed by atoms with Crippen LogP contribution < -0.4 is 5.73 Å². The first-order valence-electron chi connectivity index (χ1n) is 3.84. The highest BCUT2D eigenvalue weighted by atomic mass is 16.3. The third-order valence-corrected chi connectivity index (χ3v) is 1.90. The fourth-order valence-corrected chi connectivity index (χ4v) is 1.28. The van der Waals surface area contributed by atoms with Crippen LogP contribution in [0.3, 0.4) is 0 Å². The van der Waals surface area contributed by atoms with Gasteiger partial charge in [-0.3, -0.25) is 9.78 Å². The van der Waals surface area contributed by atoms with Crippen molar-refractivity contribution in [3.8, 4) is 0 Å². The first-order valence-corrected chi connectivity index (χ1v) is 3.84. The Balaban J connectivity index is 2.81. The monoisotopic (exact) mass is 176 g/mol. The summed E-state index contributed by atoms with van der Waals surface area (Å²) in [6.45, 7) is 1.76. The van der Waals surface area contributed by atoms with Crippen LogP contribution in [0, 0.1) is 6.92 Å². The van der Waals surface area contributed by atoms with Gasteiger partial charge in [-0.15, -0.1) is 0 Å². The summed E-state index contributed by atoms with van der Waals surface area (Å²) in [5.74, 6) is -0.371. The van der Waals surface area contributed by atoms with E-state index in [1.807, 2.05) is 0 Å². The van der Waals surface area contributed by atoms with E-state index in [0.29, 0.717) is 16.7 Å². The van der Waals surface area contributed by atoms with Gasteiger partial charge in [0.05, 0.1) is 0 Å². The summed E-state index contributed by atoms with van der Waals surface area (Å²) in [6, 6.07) is 3.50. The number of hydrogen-bond donors (Lipinski definition) is 1. The van der Waals surface area contributed by atoms with E-state index in [2.05, 4.69) is 4.98 Å². The third kappa shape index (κ3) is 1.07. The highest BCUT2D eigenvalue weighted by Gasteiger charge is 2.14. The predicted octanol–water partition coefficient (Wildman–Crippen LogP) is 1.24. The van der Waals surface area contributed by atoms with Crippen molar-refractivity contribution in [3.05, 3.63) is 29.7 Å². The van der Waals surface area contributed by atoms with Gasteiger partial charge in [0.2, 0.25) is 0 Å². The number of nitrogens with two attached hydrogens (primary N) is 1. The lowest BCUT2D eigenvalue weighted by Crippen LogP contribution is -2.10. The Hall–Kier alpha value is -1.84. The third-order valence-electron chi connectivity index (χ3n) is 1.90. The topological polar surface area (TPSA) is 69.1 Å². The maximum Gasteiger partial charge on any atom is 0.284 e. The summed E-state index contributed by atoms with van der Waals surface area (Å²) >= 11 is 0. The second kappa shape index (κ2) is 2.58. The molecule has 2 rings (SSSR count). The average Bonchev–Trinajstić information content (AvgIpc) is 2.45. The minimum absolute atomic E-state index is 0.189. The number of carbonyl (C=O) groups excluding carboxylic acids is 1. The fraction of sp³-hybridized carbons (Fsp3) is 0.111. The normalized spacial score (nSPS) is 10.5. The molecule has 2 N–H and O–H groups in total. The molecule has 0 fully saturated rings. The van der Waals surface area contributed by atoms with Crippen LogP contribution in [0.25, 0.3) is 11.1 Å². The maximum atomic E-state index is 10.9. The molecule has 0 atom stereocenters. The van der Waals surface area contributed by atoms with Crippen molar-refractivity contribution in [2.45, 2.75) is 6.92 Å². The second-order valence-corrected chi connectivity index (χ2v) is 2.77. The molecule has 4 heteroatoms. The number of hydrogen-bond acceptors (Lipinski definition) is 3. The highest BCUT2D eigenvalue weighted by molar-refractivity contribution is 5.96. The lowest BCUT2D eigenvalue weighted by Gasteiger charge is -1.87. The van der Waals surface area contributed by atoms with Gasteiger partial charge in [-0.25, -0.2) is 0 Å². The van der Waals surface area contributed by atoms with Crippen LogP contribution >= 0.6 is 0 Å². The molecular weight excluding hydrogens is 168 g/mol. The van der Waals surface area contributed by atoms with Crippen LogP contribution in [0.4, 0.5) is 0 Å². The Kier molecular flexibility index (Phi) is 1.55. The van der Waals surface area contributed by atoms with E-state index in [4.69, 9.17) is 10.2 Å². The van der Waals surface area contributed by atoms with Crippen LogP contribution in [0.2, 0.25) is 0 Å². The molecule has 0 aliphatic rings. The molecule has 0 aliphatic carbocycles. The summed E-state index contributed by atoms with van der Waals surface area (Å²) in [5.41, 5.74) is 7.10. The molecule has 0 bridgehead atoms. The number of aromatic nitrogens is 1. The number of amides is 1. The van der Waals surface area contributed by atoms with E-state index in [9.17, 15) is 4.79 Å². The molecule has 2 aromatic heterocycles. The van der Waals surface area contributed by atoms with Gasteiger partial charge in [-0.1, -0.05) is 0 Å². The zero-order valence-corrected chi connectivity index (χ0v) is 7.07. The molecule has 0 saturated heterocycles. The molecule has 0 aliphatic heterocycles. The minimum atomic E-state index is -0.560. The number of carbonyl (C=O) groups is 1. The highest BCUT2D eigenvalue weighted by Crippen LogP contribution is 2.21. The predicted molar refractivity (Wildman–Crippen MR) is 47.3 cm³/mol. The molecule has 13 heavy (non-hydrogen) atoms. The number of primary amides is 1. The number of rotatable bonds is 1. The quantitative estimate of drug-likeness (QED) is 0.710. The number of furan rings is 1. The molecule has 1 amide bonds. The van der Waals surface area contributed by atoms with Crippen molar-refractivity contribution < 1.29 is 9.21 Å². The van der Waals surface area contributed by atoms with Gasteiger partial charge in [-0.2, -0.15) is 0 Å². The van der Waals surface area contributed by atoms with Crippen molar-refractivity contribution in [3.63, 3.8) is 0 Å². The Bertz CT molecular complexity index is 473. The zero-order valence-electron chi connectivity index (χ0n) is 7.07. The molecule has 0 unspecified atom stereocenters. The molecule has 4 nitrogen and oxygen atoms in total. The van der Waals surface area contributed by atoms with Crippen molar-refractivity contribution in [1.29, 1.82) is 0 Å². The van der Waals surface area contributed by atoms with Gasteiger partial charge >= 0.3 is 0 Å². The maximum absolute atomic E-state index is 10.9. The molecule has 0 spiro atoms. The SMILES string of the molecule is Cc1c(C(N)=O)oc2cccnc12. The fourth-order valence-electron chi connectivity index (χ4n) is 1.28. The van der Waals surface area contributed by atoms with Crippen LogP contribution in [0.1, 0.15) is 16.1 Å². The second-order valence-electron chi connectivity index (χ2n) is 2.77. The van der Waals surface area contributed by atoms with E-state index >= 15 is 0 Å². The van der Waals surface area contributed by atoms with Gasteiger partial charge in [0, 0.05) is 11.8 Å². The lowest BCUT2D eigenvalue weighted by atomic mass is 10.2. The van der Waals surface area contributed by atoms with Gasteiger partial charge < -0.3 is 10.2 Å². The molecule has 0 radical (unpaired) electrons. The van der Waals surface area contributed by atoms with Gasteiger partial charge in [-0.05, 0) is 19.1 Å². The lowest BCUT2D eigenvalue weighted by molar-refractivity contribution is 0.0975. The zero-order chi connectivity index (χ0) is 9.42. The molecule has 2 aromatic rings. The van der Waals surface area contributed by atoms with Gasteiger partial charge in [0.15, 0.2) is 11.3 Å². The molecule has 0 aromatic carbocycles. The van der Waals surface area contributed by atoms with E-state index in [0.717, 1.165) is 0 Å². The van der Waals surface area contributed by atoms with Gasteiger partial charge in [0.1, 0.15) is 5.52 Å². The van der Waals surface area contributed by atoms with Crippen molar-refractivity contribution >= 4 is 17.0 Å². The Labute approximate surface area is 74.4 Å². The Morgan fingerprint density at radius 1 is 1.62 bits per heavy atom. The van der Waals surface area contributed by atoms with Crippen LogP contribution in [-0.2, 0) is 0 Å². The molecule has 2 heterocycles. The van der Waals surface area contributed by atoms with Crippen molar-refractivity contribution in [2.24, 2.45) is 5.73 Å². The first kappa shape index (κ1) is 7.79. The molecule has 66 valence electrons. The standard InChI is InChI=1S/C9H8N2O2/c1-5-7-6(3-2-4-11-7)13-8(5)9(10)12/h2-4H,1H3,(H2,10,12). The average molecular weight is 176 g/mol. The number of pyridine rings is 1. The van der Waals surface area contributed by atoms with Crippen LogP contribution in [0.5, 0.6) is 0 Å². The Morgan fingerprint density at radius 3 is 3.00 bits per heavy atom.